The van der Waals surface area contributed by atoms with Crippen molar-refractivity contribution in [3.8, 4) is 5.75 Å². The Labute approximate surface area is 115 Å². The van der Waals surface area contributed by atoms with Gasteiger partial charge >= 0.3 is 0 Å². The Kier molecular flexibility index (Phi) is 4.80. The van der Waals surface area contributed by atoms with Gasteiger partial charge in [0.25, 0.3) is 0 Å². The van der Waals surface area contributed by atoms with Gasteiger partial charge in [0, 0.05) is 13.1 Å². The predicted molar refractivity (Wildman–Crippen MR) is 76.4 cm³/mol. The predicted octanol–water partition coefficient (Wildman–Crippen LogP) is 1.80. The van der Waals surface area contributed by atoms with Crippen LogP contribution in [0.3, 0.4) is 0 Å². The summed E-state index contributed by atoms with van der Waals surface area (Å²) in [5, 5.41) is 0. The van der Waals surface area contributed by atoms with Crippen molar-refractivity contribution in [3.63, 3.8) is 0 Å². The molecule has 4 heteroatoms. The van der Waals surface area contributed by atoms with Gasteiger partial charge in [0.2, 0.25) is 0 Å². The molecule has 0 bridgehead atoms. The van der Waals surface area contributed by atoms with E-state index in [1.165, 1.54) is 0 Å². The third-order valence-electron chi connectivity index (χ3n) is 3.31. The Morgan fingerprint density at radius 3 is 2.89 bits per heavy atom. The lowest BCUT2D eigenvalue weighted by Gasteiger charge is -2.33. The van der Waals surface area contributed by atoms with E-state index < -0.39 is 0 Å². The Morgan fingerprint density at radius 1 is 1.42 bits per heavy atom. The number of hydrogen-bond acceptors (Lipinski definition) is 4. The zero-order valence-electron chi connectivity index (χ0n) is 12.0. The monoisotopic (exact) mass is 264 g/mol. The summed E-state index contributed by atoms with van der Waals surface area (Å²) in [7, 11) is 2.10. The number of ether oxygens (including phenoxy) is 2. The molecule has 1 saturated heterocycles. The first-order valence-electron chi connectivity index (χ1n) is 6.88. The number of nitrogens with zero attached hydrogens (tertiary/aromatic N) is 1. The van der Waals surface area contributed by atoms with Gasteiger partial charge in [-0.05, 0) is 38.6 Å². The fourth-order valence-corrected chi connectivity index (χ4v) is 2.31. The van der Waals surface area contributed by atoms with E-state index in [4.69, 9.17) is 15.2 Å². The highest BCUT2D eigenvalue weighted by atomic mass is 16.5. The topological polar surface area (TPSA) is 47.7 Å². The summed E-state index contributed by atoms with van der Waals surface area (Å²) >= 11 is 0. The van der Waals surface area contributed by atoms with Crippen molar-refractivity contribution in [2.45, 2.75) is 32.1 Å². The number of nitrogens with two attached hydrogens (primary N) is 1. The molecule has 0 radical (unpaired) electrons. The Morgan fingerprint density at radius 2 is 2.21 bits per heavy atom. The third kappa shape index (κ3) is 3.93. The minimum Gasteiger partial charge on any atom is -0.491 e. The second-order valence-electron chi connectivity index (χ2n) is 5.44. The SMILES string of the molecule is CC(C)Oc1cccc(C(N)C2CN(C)CCO2)c1. The van der Waals surface area contributed by atoms with Crippen LogP contribution in [0.2, 0.25) is 0 Å². The minimum absolute atomic E-state index is 0.0491. The largest absolute Gasteiger partial charge is 0.491 e. The molecule has 1 aromatic carbocycles. The van der Waals surface area contributed by atoms with Crippen molar-refractivity contribution in [3.05, 3.63) is 29.8 Å². The quantitative estimate of drug-likeness (QED) is 0.901. The van der Waals surface area contributed by atoms with Crippen molar-refractivity contribution in [1.29, 1.82) is 0 Å². The maximum atomic E-state index is 6.32. The molecule has 0 spiro atoms. The van der Waals surface area contributed by atoms with Crippen LogP contribution in [-0.2, 0) is 4.74 Å². The van der Waals surface area contributed by atoms with Gasteiger partial charge in [-0.1, -0.05) is 12.1 Å². The fraction of sp³-hybridized carbons (Fsp3) is 0.600. The molecule has 1 aliphatic heterocycles. The van der Waals surface area contributed by atoms with E-state index in [9.17, 15) is 0 Å². The molecule has 2 atom stereocenters. The molecule has 0 aromatic heterocycles. The van der Waals surface area contributed by atoms with E-state index in [-0.39, 0.29) is 18.2 Å². The average molecular weight is 264 g/mol. The number of hydrogen-bond donors (Lipinski definition) is 1. The second-order valence-corrected chi connectivity index (χ2v) is 5.44. The van der Waals surface area contributed by atoms with Crippen molar-refractivity contribution in [2.24, 2.45) is 5.73 Å². The van der Waals surface area contributed by atoms with Crippen LogP contribution >= 0.6 is 0 Å². The number of benzene rings is 1. The van der Waals surface area contributed by atoms with E-state index in [0.717, 1.165) is 31.0 Å². The van der Waals surface area contributed by atoms with Crippen LogP contribution in [0.25, 0.3) is 0 Å². The molecule has 1 aliphatic rings. The maximum Gasteiger partial charge on any atom is 0.120 e. The molecule has 106 valence electrons. The van der Waals surface area contributed by atoms with Gasteiger partial charge in [-0.15, -0.1) is 0 Å². The molecule has 0 amide bonds. The summed E-state index contributed by atoms with van der Waals surface area (Å²) in [5.41, 5.74) is 7.39. The first kappa shape index (κ1) is 14.3. The van der Waals surface area contributed by atoms with E-state index in [0.29, 0.717) is 0 Å². The molecule has 4 nitrogen and oxygen atoms in total. The summed E-state index contributed by atoms with van der Waals surface area (Å²) < 4.78 is 11.5. The molecule has 2 unspecified atom stereocenters. The smallest absolute Gasteiger partial charge is 0.120 e. The van der Waals surface area contributed by atoms with Crippen LogP contribution in [0.15, 0.2) is 24.3 Å². The molecule has 2 N–H and O–H groups in total. The van der Waals surface area contributed by atoms with Gasteiger partial charge in [-0.3, -0.25) is 0 Å². The zero-order valence-corrected chi connectivity index (χ0v) is 12.0. The molecule has 0 aliphatic carbocycles. The molecule has 1 heterocycles. The first-order chi connectivity index (χ1) is 9.06. The number of rotatable bonds is 4. The van der Waals surface area contributed by atoms with Crippen LogP contribution in [0, 0.1) is 0 Å². The van der Waals surface area contributed by atoms with Crippen LogP contribution in [0.5, 0.6) is 5.75 Å². The van der Waals surface area contributed by atoms with Crippen molar-refractivity contribution in [2.75, 3.05) is 26.7 Å². The lowest BCUT2D eigenvalue weighted by atomic mass is 10.0. The summed E-state index contributed by atoms with van der Waals surface area (Å²) in [5.74, 6) is 0.868. The number of morpholine rings is 1. The fourth-order valence-electron chi connectivity index (χ4n) is 2.31. The van der Waals surface area contributed by atoms with Gasteiger partial charge in [-0.2, -0.15) is 0 Å². The second kappa shape index (κ2) is 6.37. The molecule has 1 aromatic rings. The molecule has 19 heavy (non-hydrogen) atoms. The van der Waals surface area contributed by atoms with Crippen molar-refractivity contribution >= 4 is 0 Å². The lowest BCUT2D eigenvalue weighted by Crippen LogP contribution is -2.45. The van der Waals surface area contributed by atoms with Gasteiger partial charge in [-0.25, -0.2) is 0 Å². The van der Waals surface area contributed by atoms with E-state index in [2.05, 4.69) is 11.9 Å². The summed E-state index contributed by atoms with van der Waals surface area (Å²) in [6.45, 7) is 6.63. The Bertz CT molecular complexity index is 409. The van der Waals surface area contributed by atoms with Crippen LogP contribution in [0.4, 0.5) is 0 Å². The minimum atomic E-state index is -0.113. The lowest BCUT2D eigenvalue weighted by molar-refractivity contribution is -0.0326. The average Bonchev–Trinajstić information content (AvgIpc) is 2.37. The highest BCUT2D eigenvalue weighted by Crippen LogP contribution is 2.23. The molecule has 1 fully saturated rings. The first-order valence-corrected chi connectivity index (χ1v) is 6.88. The van der Waals surface area contributed by atoms with Gasteiger partial charge < -0.3 is 20.1 Å². The van der Waals surface area contributed by atoms with Crippen LogP contribution in [0.1, 0.15) is 25.5 Å². The van der Waals surface area contributed by atoms with Gasteiger partial charge in [0.1, 0.15) is 5.75 Å². The van der Waals surface area contributed by atoms with E-state index in [1.54, 1.807) is 0 Å². The Hall–Kier alpha value is -1.10. The highest BCUT2D eigenvalue weighted by Gasteiger charge is 2.25. The van der Waals surface area contributed by atoms with Crippen molar-refractivity contribution < 1.29 is 9.47 Å². The van der Waals surface area contributed by atoms with E-state index in [1.807, 2.05) is 38.1 Å². The zero-order chi connectivity index (χ0) is 13.8. The summed E-state index contributed by atoms with van der Waals surface area (Å²) in [6, 6.07) is 7.89. The maximum absolute atomic E-state index is 6.32. The normalized spacial score (nSPS) is 22.5. The van der Waals surface area contributed by atoms with Gasteiger partial charge in [0.05, 0.1) is 24.9 Å². The van der Waals surface area contributed by atoms with Gasteiger partial charge in [0.15, 0.2) is 0 Å². The molecule has 0 saturated carbocycles. The highest BCUT2D eigenvalue weighted by molar-refractivity contribution is 5.31. The standard InChI is InChI=1S/C15H24N2O2/c1-11(2)19-13-6-4-5-12(9-13)15(16)14-10-17(3)7-8-18-14/h4-6,9,11,14-15H,7-8,10,16H2,1-3H3. The van der Waals surface area contributed by atoms with Crippen LogP contribution < -0.4 is 10.5 Å². The van der Waals surface area contributed by atoms with Crippen molar-refractivity contribution in [1.82, 2.24) is 4.90 Å². The number of likely N-dealkylation sites (N-methyl/N-ethyl adjacent to an activating group) is 1. The molecule has 2 rings (SSSR count). The third-order valence-corrected chi connectivity index (χ3v) is 3.31. The van der Waals surface area contributed by atoms with E-state index >= 15 is 0 Å². The molecular weight excluding hydrogens is 240 g/mol. The summed E-state index contributed by atoms with van der Waals surface area (Å²) in [6.07, 6.45) is 0.219. The summed E-state index contributed by atoms with van der Waals surface area (Å²) in [4.78, 5) is 2.25. The van der Waals surface area contributed by atoms with Crippen LogP contribution in [-0.4, -0.2) is 43.9 Å². The molecular formula is C15H24N2O2. The Balaban J connectivity index is 2.07.